The first-order chi connectivity index (χ1) is 9.72. The maximum Gasteiger partial charge on any atom is 0.119 e. The average Bonchev–Trinajstić information content (AvgIpc) is 2.46. The van der Waals surface area contributed by atoms with E-state index in [1.807, 2.05) is 24.3 Å². The molecule has 0 saturated heterocycles. The Morgan fingerprint density at radius 3 is 2.35 bits per heavy atom. The topological polar surface area (TPSA) is 18.5 Å². The average molecular weight is 296 g/mol. The Morgan fingerprint density at radius 2 is 1.65 bits per heavy atom. The van der Waals surface area contributed by atoms with Crippen LogP contribution in [0.3, 0.4) is 0 Å². The summed E-state index contributed by atoms with van der Waals surface area (Å²) in [6.07, 6.45) is 7.92. The molecule has 1 aromatic rings. The third-order valence-corrected chi connectivity index (χ3v) is 3.52. The van der Waals surface area contributed by atoms with E-state index in [9.17, 15) is 0 Å². The van der Waals surface area contributed by atoms with Crippen LogP contribution in [0.2, 0.25) is 0 Å². The summed E-state index contributed by atoms with van der Waals surface area (Å²) in [6, 6.07) is 7.73. The summed E-state index contributed by atoms with van der Waals surface area (Å²) < 4.78 is 11.4. The van der Waals surface area contributed by atoms with Gasteiger partial charge in [-0.2, -0.15) is 0 Å². The fourth-order valence-corrected chi connectivity index (χ4v) is 2.12. The lowest BCUT2D eigenvalue weighted by molar-refractivity contribution is 0.0302. The van der Waals surface area contributed by atoms with E-state index in [0.29, 0.717) is 6.61 Å². The SMILES string of the molecule is CCCCCCCCOC(C)COc1ccc(S)cc1. The fraction of sp³-hybridized carbons (Fsp3) is 0.647. The molecule has 0 aliphatic carbocycles. The standard InChI is InChI=1S/C17H28O2S/c1-3-4-5-6-7-8-13-18-15(2)14-19-16-9-11-17(20)12-10-16/h9-12,15,20H,3-8,13-14H2,1-2H3. The third kappa shape index (κ3) is 8.49. The smallest absolute Gasteiger partial charge is 0.119 e. The molecule has 0 amide bonds. The summed E-state index contributed by atoms with van der Waals surface area (Å²) in [4.78, 5) is 0.949. The maximum atomic E-state index is 5.75. The summed E-state index contributed by atoms with van der Waals surface area (Å²) >= 11 is 4.25. The van der Waals surface area contributed by atoms with Gasteiger partial charge in [0, 0.05) is 11.5 Å². The Kier molecular flexibility index (Phi) is 9.60. The molecule has 0 aliphatic rings. The zero-order valence-electron chi connectivity index (χ0n) is 12.8. The van der Waals surface area contributed by atoms with Gasteiger partial charge in [-0.1, -0.05) is 39.0 Å². The van der Waals surface area contributed by atoms with Crippen molar-refractivity contribution in [2.24, 2.45) is 0 Å². The summed E-state index contributed by atoms with van der Waals surface area (Å²) in [5.74, 6) is 0.873. The fourth-order valence-electron chi connectivity index (χ4n) is 1.97. The Balaban J connectivity index is 2.00. The van der Waals surface area contributed by atoms with Crippen molar-refractivity contribution < 1.29 is 9.47 Å². The summed E-state index contributed by atoms with van der Waals surface area (Å²) in [6.45, 7) is 5.74. The van der Waals surface area contributed by atoms with Gasteiger partial charge in [-0.25, -0.2) is 0 Å². The molecule has 0 fully saturated rings. The van der Waals surface area contributed by atoms with Crippen molar-refractivity contribution in [2.45, 2.75) is 63.4 Å². The highest BCUT2D eigenvalue weighted by molar-refractivity contribution is 7.80. The second-order valence-electron chi connectivity index (χ2n) is 5.25. The molecule has 0 bridgehead atoms. The van der Waals surface area contributed by atoms with Crippen LogP contribution >= 0.6 is 12.6 Å². The Bertz CT molecular complexity index is 337. The first kappa shape index (κ1) is 17.4. The van der Waals surface area contributed by atoms with E-state index < -0.39 is 0 Å². The molecule has 0 N–H and O–H groups in total. The normalized spacial score (nSPS) is 12.3. The van der Waals surface area contributed by atoms with Crippen molar-refractivity contribution in [1.82, 2.24) is 0 Å². The molecule has 0 aromatic heterocycles. The van der Waals surface area contributed by atoms with Gasteiger partial charge in [-0.15, -0.1) is 12.6 Å². The lowest BCUT2D eigenvalue weighted by Gasteiger charge is -2.14. The summed E-state index contributed by atoms with van der Waals surface area (Å²) in [5, 5.41) is 0. The first-order valence-corrected chi connectivity index (χ1v) is 8.20. The van der Waals surface area contributed by atoms with E-state index >= 15 is 0 Å². The quantitative estimate of drug-likeness (QED) is 0.451. The van der Waals surface area contributed by atoms with Gasteiger partial charge in [-0.05, 0) is 37.6 Å². The van der Waals surface area contributed by atoms with Gasteiger partial charge < -0.3 is 9.47 Å². The largest absolute Gasteiger partial charge is 0.491 e. The highest BCUT2D eigenvalue weighted by Crippen LogP contribution is 2.14. The van der Waals surface area contributed by atoms with Crippen LogP contribution in [0.1, 0.15) is 52.4 Å². The highest BCUT2D eigenvalue weighted by atomic mass is 32.1. The molecule has 1 unspecified atom stereocenters. The molecule has 1 rings (SSSR count). The molecule has 0 heterocycles. The van der Waals surface area contributed by atoms with Gasteiger partial charge in [0.05, 0.1) is 6.10 Å². The van der Waals surface area contributed by atoms with Gasteiger partial charge in [0.25, 0.3) is 0 Å². The monoisotopic (exact) mass is 296 g/mol. The van der Waals surface area contributed by atoms with Gasteiger partial charge in [0.1, 0.15) is 12.4 Å². The van der Waals surface area contributed by atoms with Crippen molar-refractivity contribution in [3.05, 3.63) is 24.3 Å². The predicted molar refractivity (Wildman–Crippen MR) is 88.0 cm³/mol. The maximum absolute atomic E-state index is 5.75. The Labute approximate surface area is 129 Å². The number of unbranched alkanes of at least 4 members (excludes halogenated alkanes) is 5. The molecule has 1 atom stereocenters. The predicted octanol–water partition coefficient (Wildman–Crippen LogP) is 5.12. The van der Waals surface area contributed by atoms with Crippen molar-refractivity contribution >= 4 is 12.6 Å². The Hall–Kier alpha value is -0.670. The molecule has 0 spiro atoms. The van der Waals surface area contributed by atoms with Crippen LogP contribution in [0.5, 0.6) is 5.75 Å². The van der Waals surface area contributed by atoms with E-state index in [1.165, 1.54) is 32.1 Å². The van der Waals surface area contributed by atoms with Gasteiger partial charge >= 0.3 is 0 Å². The van der Waals surface area contributed by atoms with Gasteiger partial charge in [0.15, 0.2) is 0 Å². The molecule has 0 radical (unpaired) electrons. The molecule has 3 heteroatoms. The van der Waals surface area contributed by atoms with Crippen LogP contribution in [0.25, 0.3) is 0 Å². The molecule has 0 saturated carbocycles. The second-order valence-corrected chi connectivity index (χ2v) is 5.77. The zero-order chi connectivity index (χ0) is 14.6. The number of hydrogen-bond acceptors (Lipinski definition) is 3. The number of benzene rings is 1. The van der Waals surface area contributed by atoms with Crippen molar-refractivity contribution in [3.8, 4) is 5.75 Å². The van der Waals surface area contributed by atoms with Crippen LogP contribution in [0.15, 0.2) is 29.2 Å². The van der Waals surface area contributed by atoms with Crippen LogP contribution in [-0.2, 0) is 4.74 Å². The van der Waals surface area contributed by atoms with Gasteiger partial charge in [-0.3, -0.25) is 0 Å². The lowest BCUT2D eigenvalue weighted by Crippen LogP contribution is -2.18. The molecule has 114 valence electrons. The van der Waals surface area contributed by atoms with Crippen LogP contribution in [-0.4, -0.2) is 19.3 Å². The number of thiol groups is 1. The van der Waals surface area contributed by atoms with Crippen LogP contribution < -0.4 is 4.74 Å². The van der Waals surface area contributed by atoms with E-state index in [2.05, 4.69) is 26.5 Å². The Morgan fingerprint density at radius 1 is 1.00 bits per heavy atom. The van der Waals surface area contributed by atoms with E-state index in [1.54, 1.807) is 0 Å². The van der Waals surface area contributed by atoms with Crippen LogP contribution in [0, 0.1) is 0 Å². The molecule has 1 aromatic carbocycles. The zero-order valence-corrected chi connectivity index (χ0v) is 13.7. The third-order valence-electron chi connectivity index (χ3n) is 3.22. The first-order valence-electron chi connectivity index (χ1n) is 7.75. The molecule has 0 aliphatic heterocycles. The molecular weight excluding hydrogens is 268 g/mol. The minimum Gasteiger partial charge on any atom is -0.491 e. The van der Waals surface area contributed by atoms with Crippen molar-refractivity contribution in [1.29, 1.82) is 0 Å². The second kappa shape index (κ2) is 11.0. The summed E-state index contributed by atoms with van der Waals surface area (Å²) in [5.41, 5.74) is 0. The van der Waals surface area contributed by atoms with Crippen LogP contribution in [0.4, 0.5) is 0 Å². The molecule has 20 heavy (non-hydrogen) atoms. The number of rotatable bonds is 11. The van der Waals surface area contributed by atoms with E-state index in [4.69, 9.17) is 9.47 Å². The lowest BCUT2D eigenvalue weighted by atomic mass is 10.1. The molecular formula is C17H28O2S. The summed E-state index contributed by atoms with van der Waals surface area (Å²) in [7, 11) is 0. The van der Waals surface area contributed by atoms with E-state index in [-0.39, 0.29) is 6.10 Å². The van der Waals surface area contributed by atoms with Gasteiger partial charge in [0.2, 0.25) is 0 Å². The van der Waals surface area contributed by atoms with Crippen molar-refractivity contribution in [2.75, 3.05) is 13.2 Å². The number of ether oxygens (including phenoxy) is 2. The van der Waals surface area contributed by atoms with E-state index in [0.717, 1.165) is 23.7 Å². The molecule has 2 nitrogen and oxygen atoms in total. The number of hydrogen-bond donors (Lipinski definition) is 1. The highest BCUT2D eigenvalue weighted by Gasteiger charge is 2.03. The minimum absolute atomic E-state index is 0.140. The van der Waals surface area contributed by atoms with Crippen molar-refractivity contribution in [3.63, 3.8) is 0 Å². The minimum atomic E-state index is 0.140.